The average Bonchev–Trinajstić information content (AvgIpc) is 3.25. The van der Waals surface area contributed by atoms with E-state index < -0.39 is 11.6 Å². The number of amides is 1. The number of likely N-dealkylation sites (tertiary alicyclic amines) is 1. The molecule has 236 valence electrons. The number of unbranched alkanes of at least 4 members (excludes halogenated alkanes) is 1. The predicted molar refractivity (Wildman–Crippen MR) is 172 cm³/mol. The molecule has 2 saturated heterocycles. The quantitative estimate of drug-likeness (QED) is 0.314. The van der Waals surface area contributed by atoms with Crippen LogP contribution in [0.5, 0.6) is 0 Å². The first-order chi connectivity index (χ1) is 21.0. The Morgan fingerprint density at radius 2 is 1.65 bits per heavy atom. The summed E-state index contributed by atoms with van der Waals surface area (Å²) in [5, 5.41) is 11.3. The number of aliphatic hydroxyl groups excluding tert-OH is 1. The van der Waals surface area contributed by atoms with E-state index in [0.29, 0.717) is 19.8 Å². The molecule has 3 fully saturated rings. The van der Waals surface area contributed by atoms with Crippen LogP contribution in [-0.2, 0) is 11.3 Å². The minimum Gasteiger partial charge on any atom is -0.390 e. The summed E-state index contributed by atoms with van der Waals surface area (Å²) >= 11 is 0. The second kappa shape index (κ2) is 15.5. The van der Waals surface area contributed by atoms with Gasteiger partial charge in [0.2, 0.25) is 5.91 Å². The second-order valence-corrected chi connectivity index (χ2v) is 13.3. The van der Waals surface area contributed by atoms with Crippen molar-refractivity contribution in [2.24, 2.45) is 5.92 Å². The van der Waals surface area contributed by atoms with Crippen molar-refractivity contribution in [3.63, 3.8) is 0 Å². The highest BCUT2D eigenvalue weighted by molar-refractivity contribution is 5.93. The molecule has 1 N–H and O–H groups in total. The van der Waals surface area contributed by atoms with Crippen LogP contribution in [0.1, 0.15) is 83.1 Å². The van der Waals surface area contributed by atoms with Gasteiger partial charge in [-0.3, -0.25) is 9.69 Å². The van der Waals surface area contributed by atoms with Crippen LogP contribution in [0.4, 0.5) is 10.1 Å². The number of nitrogens with zero attached hydrogens (tertiary/aromatic N) is 4. The molecule has 2 aliphatic heterocycles. The molecule has 0 aromatic heterocycles. The van der Waals surface area contributed by atoms with E-state index in [1.54, 1.807) is 12.1 Å². The number of β-amino-alcohol motifs (C(OH)–C–C–N with tert-alkyl or cyclic N) is 1. The first-order valence-electron chi connectivity index (χ1n) is 17.0. The van der Waals surface area contributed by atoms with E-state index in [2.05, 4.69) is 45.9 Å². The number of anilines is 1. The van der Waals surface area contributed by atoms with Gasteiger partial charge in [0.15, 0.2) is 0 Å². The van der Waals surface area contributed by atoms with Gasteiger partial charge in [0.05, 0.1) is 12.8 Å². The number of carbonyl (C=O) groups is 1. The van der Waals surface area contributed by atoms with E-state index in [1.807, 2.05) is 11.0 Å². The predicted octanol–water partition coefficient (Wildman–Crippen LogP) is 6.29. The lowest BCUT2D eigenvalue weighted by Crippen LogP contribution is -2.57. The third kappa shape index (κ3) is 8.37. The summed E-state index contributed by atoms with van der Waals surface area (Å²) in [5.41, 5.74) is 1.48. The Bertz CT molecular complexity index is 1110. The van der Waals surface area contributed by atoms with Crippen molar-refractivity contribution >= 4 is 11.6 Å². The van der Waals surface area contributed by atoms with Crippen LogP contribution in [0, 0.1) is 11.7 Å². The Balaban J connectivity index is 1.25. The molecule has 1 amide bonds. The van der Waals surface area contributed by atoms with E-state index in [1.165, 1.54) is 62.6 Å². The summed E-state index contributed by atoms with van der Waals surface area (Å²) in [4.78, 5) is 23.2. The van der Waals surface area contributed by atoms with Gasteiger partial charge >= 0.3 is 0 Å². The molecule has 1 saturated carbocycles. The Morgan fingerprint density at radius 3 is 2.33 bits per heavy atom. The number of hydrogen-bond acceptors (Lipinski definition) is 5. The Labute approximate surface area is 258 Å². The molecule has 0 radical (unpaired) electrons. The van der Waals surface area contributed by atoms with Gasteiger partial charge in [0, 0.05) is 45.0 Å². The lowest BCUT2D eigenvalue weighted by atomic mass is 9.84. The maximum Gasteiger partial charge on any atom is 0.250 e. The smallest absolute Gasteiger partial charge is 0.250 e. The molecule has 43 heavy (non-hydrogen) atoms. The maximum atomic E-state index is 14.3. The molecular formula is C36H53FN4O2. The average molecular weight is 593 g/mol. The van der Waals surface area contributed by atoms with Crippen LogP contribution in [0.15, 0.2) is 54.6 Å². The Morgan fingerprint density at radius 1 is 0.977 bits per heavy atom. The van der Waals surface area contributed by atoms with Gasteiger partial charge in [-0.2, -0.15) is 0 Å². The molecule has 5 rings (SSSR count). The highest BCUT2D eigenvalue weighted by Crippen LogP contribution is 2.40. The highest BCUT2D eigenvalue weighted by atomic mass is 19.1. The van der Waals surface area contributed by atoms with E-state index in [9.17, 15) is 14.3 Å². The topological polar surface area (TPSA) is 50.3 Å². The molecule has 6 nitrogen and oxygen atoms in total. The van der Waals surface area contributed by atoms with Gasteiger partial charge in [-0.25, -0.2) is 4.39 Å². The number of carbonyl (C=O) groups excluding carboxylic acids is 1. The molecule has 2 heterocycles. The SMILES string of the molecule is CCCCN(Cc1ccccc1)C[C@@H](O)CN1CN(c2ccc(F)cc2)C2(CCN(CC3CCCCCCC3)CC2)C1=O. The highest BCUT2D eigenvalue weighted by Gasteiger charge is 2.54. The molecule has 3 aliphatic rings. The third-order valence-corrected chi connectivity index (χ3v) is 10.1. The van der Waals surface area contributed by atoms with E-state index in [0.717, 1.165) is 70.0 Å². The number of benzene rings is 2. The van der Waals surface area contributed by atoms with Crippen LogP contribution in [0.3, 0.4) is 0 Å². The lowest BCUT2D eigenvalue weighted by Gasteiger charge is -2.44. The number of aliphatic hydroxyl groups is 1. The first kappa shape index (κ1) is 31.9. The van der Waals surface area contributed by atoms with Crippen LogP contribution >= 0.6 is 0 Å². The normalized spacial score (nSPS) is 21.0. The van der Waals surface area contributed by atoms with Crippen molar-refractivity contribution < 1.29 is 14.3 Å². The largest absolute Gasteiger partial charge is 0.390 e. The standard InChI is InChI=1S/C36H53FN4O2/c1-2-3-22-39(26-31-14-10-7-11-15-31)27-34(42)28-40-29-41(33-18-16-32(37)17-19-33)36(35(40)43)20-23-38(24-21-36)25-30-12-8-5-4-6-9-13-30/h7,10-11,14-19,30,34,42H,2-6,8-9,12-13,20-29H2,1H3/t34-/m1/s1. The zero-order valence-electron chi connectivity index (χ0n) is 26.3. The monoisotopic (exact) mass is 592 g/mol. The summed E-state index contributed by atoms with van der Waals surface area (Å²) in [5.74, 6) is 0.611. The summed E-state index contributed by atoms with van der Waals surface area (Å²) in [6.45, 7) is 8.09. The van der Waals surface area contributed by atoms with Crippen molar-refractivity contribution in [2.45, 2.75) is 95.7 Å². The van der Waals surface area contributed by atoms with Crippen LogP contribution in [0.2, 0.25) is 0 Å². The molecule has 2 aromatic rings. The van der Waals surface area contributed by atoms with Crippen molar-refractivity contribution in [3.05, 3.63) is 66.0 Å². The summed E-state index contributed by atoms with van der Waals surface area (Å²) in [7, 11) is 0. The van der Waals surface area contributed by atoms with Gasteiger partial charge in [0.1, 0.15) is 11.4 Å². The number of halogens is 1. The third-order valence-electron chi connectivity index (χ3n) is 10.1. The number of hydrogen-bond donors (Lipinski definition) is 1. The second-order valence-electron chi connectivity index (χ2n) is 13.3. The van der Waals surface area contributed by atoms with Crippen molar-refractivity contribution in [2.75, 3.05) is 50.8 Å². The van der Waals surface area contributed by atoms with E-state index >= 15 is 0 Å². The summed E-state index contributed by atoms with van der Waals surface area (Å²) in [6, 6.07) is 17.0. The van der Waals surface area contributed by atoms with Gasteiger partial charge in [0.25, 0.3) is 0 Å². The van der Waals surface area contributed by atoms with Gasteiger partial charge in [-0.05, 0) is 74.4 Å². The van der Waals surface area contributed by atoms with Gasteiger partial charge < -0.3 is 19.8 Å². The molecular weight excluding hydrogens is 539 g/mol. The molecule has 1 aliphatic carbocycles. The maximum absolute atomic E-state index is 14.3. The van der Waals surface area contributed by atoms with Crippen LogP contribution in [0.25, 0.3) is 0 Å². The van der Waals surface area contributed by atoms with Gasteiger partial charge in [-0.1, -0.05) is 75.8 Å². The fraction of sp³-hybridized carbons (Fsp3) is 0.639. The van der Waals surface area contributed by atoms with Crippen molar-refractivity contribution in [1.29, 1.82) is 0 Å². The zero-order valence-corrected chi connectivity index (χ0v) is 26.3. The Kier molecular flexibility index (Phi) is 11.5. The van der Waals surface area contributed by atoms with Gasteiger partial charge in [-0.15, -0.1) is 0 Å². The number of piperidine rings is 1. The zero-order chi connectivity index (χ0) is 30.1. The lowest BCUT2D eigenvalue weighted by molar-refractivity contribution is -0.135. The number of rotatable bonds is 12. The van der Waals surface area contributed by atoms with E-state index in [-0.39, 0.29) is 11.7 Å². The van der Waals surface area contributed by atoms with Crippen LogP contribution in [-0.4, -0.2) is 83.3 Å². The molecule has 2 aromatic carbocycles. The minimum atomic E-state index is -0.644. The van der Waals surface area contributed by atoms with E-state index in [4.69, 9.17) is 0 Å². The van der Waals surface area contributed by atoms with Crippen molar-refractivity contribution in [1.82, 2.24) is 14.7 Å². The fourth-order valence-corrected chi connectivity index (χ4v) is 7.62. The molecule has 1 spiro atoms. The summed E-state index contributed by atoms with van der Waals surface area (Å²) in [6.07, 6.45) is 12.5. The first-order valence-corrected chi connectivity index (χ1v) is 17.0. The molecule has 0 bridgehead atoms. The molecule has 0 unspecified atom stereocenters. The van der Waals surface area contributed by atoms with Crippen LogP contribution < -0.4 is 4.90 Å². The summed E-state index contributed by atoms with van der Waals surface area (Å²) < 4.78 is 13.9. The fourth-order valence-electron chi connectivity index (χ4n) is 7.62. The molecule has 1 atom stereocenters. The Hall–Kier alpha value is -2.48. The minimum absolute atomic E-state index is 0.115. The van der Waals surface area contributed by atoms with Crippen molar-refractivity contribution in [3.8, 4) is 0 Å². The molecule has 7 heteroatoms.